The zero-order valence-corrected chi connectivity index (χ0v) is 13.9. The molecule has 2 nitrogen and oxygen atoms in total. The summed E-state index contributed by atoms with van der Waals surface area (Å²) in [6.45, 7) is 3.02. The van der Waals surface area contributed by atoms with Crippen LogP contribution in [0.4, 0.5) is 0 Å². The Hall–Kier alpha value is -1.90. The Labute approximate surface area is 143 Å². The van der Waals surface area contributed by atoms with Gasteiger partial charge >= 0.3 is 0 Å². The number of hydrogen-bond acceptors (Lipinski definition) is 0. The van der Waals surface area contributed by atoms with Gasteiger partial charge in [-0.3, -0.25) is 0 Å². The molecule has 3 aromatic rings. The molecule has 0 unspecified atom stereocenters. The third-order valence-corrected chi connectivity index (χ3v) is 3.43. The molecule has 114 valence electrons. The summed E-state index contributed by atoms with van der Waals surface area (Å²) in [4.78, 5) is 3.05. The molecule has 2 heterocycles. The highest BCUT2D eigenvalue weighted by Crippen LogP contribution is 2.15. The second-order valence-electron chi connectivity index (χ2n) is 5.03. The van der Waals surface area contributed by atoms with Crippen molar-refractivity contribution in [2.75, 3.05) is 0 Å². The fourth-order valence-electron chi connectivity index (χ4n) is 2.24. The van der Waals surface area contributed by atoms with Crippen molar-refractivity contribution in [2.24, 2.45) is 0 Å². The van der Waals surface area contributed by atoms with Crippen LogP contribution in [0.25, 0.3) is 11.1 Å². The van der Waals surface area contributed by atoms with E-state index in [0.717, 1.165) is 6.54 Å². The SMILES string of the molecule is Cc1ccc(C[n+]2ccc(-c3cc[nH+]cc3)cc2)cc1.[Cl-].[Cl-]. The molecule has 0 radical (unpaired) electrons. The largest absolute Gasteiger partial charge is 1.00 e. The summed E-state index contributed by atoms with van der Waals surface area (Å²) in [5.74, 6) is 0. The second kappa shape index (κ2) is 8.52. The van der Waals surface area contributed by atoms with Crippen molar-refractivity contribution in [2.45, 2.75) is 13.5 Å². The van der Waals surface area contributed by atoms with Gasteiger partial charge in [0.25, 0.3) is 0 Å². The standard InChI is InChI=1S/C18H17N2.2ClH/c1-15-2-4-16(5-3-15)14-20-12-8-18(9-13-20)17-6-10-19-11-7-17;;/h2-13H,14H2,1H3;2*1H/q+1;;/p-1. The summed E-state index contributed by atoms with van der Waals surface area (Å²) >= 11 is 0. The molecule has 0 bridgehead atoms. The average Bonchev–Trinajstić information content (AvgIpc) is 2.51. The molecule has 0 aliphatic heterocycles. The minimum atomic E-state index is 0. The van der Waals surface area contributed by atoms with Crippen LogP contribution in [0.5, 0.6) is 0 Å². The minimum Gasteiger partial charge on any atom is -1.00 e. The maximum absolute atomic E-state index is 3.05. The first-order valence-electron chi connectivity index (χ1n) is 6.82. The zero-order chi connectivity index (χ0) is 13.8. The van der Waals surface area contributed by atoms with Gasteiger partial charge in [-0.05, 0) is 18.1 Å². The molecule has 0 aliphatic rings. The molecule has 3 rings (SSSR count). The van der Waals surface area contributed by atoms with Gasteiger partial charge in [0, 0.05) is 29.8 Å². The van der Waals surface area contributed by atoms with Crippen LogP contribution in [0.2, 0.25) is 0 Å². The zero-order valence-electron chi connectivity index (χ0n) is 12.3. The highest BCUT2D eigenvalue weighted by atomic mass is 35.5. The maximum atomic E-state index is 3.05. The lowest BCUT2D eigenvalue weighted by atomic mass is 10.1. The molecule has 1 N–H and O–H groups in total. The van der Waals surface area contributed by atoms with Gasteiger partial charge in [0.05, 0.1) is 0 Å². The molecule has 0 saturated carbocycles. The van der Waals surface area contributed by atoms with Crippen LogP contribution >= 0.6 is 0 Å². The molecular formula is C18H18Cl2N2. The summed E-state index contributed by atoms with van der Waals surface area (Å²) in [6, 6.07) is 17.2. The Balaban J connectivity index is 0.00000121. The first-order chi connectivity index (χ1) is 9.81. The first kappa shape index (κ1) is 18.1. The van der Waals surface area contributed by atoms with Crippen LogP contribution in [-0.2, 0) is 6.54 Å². The van der Waals surface area contributed by atoms with E-state index in [1.807, 2.05) is 12.4 Å². The van der Waals surface area contributed by atoms with Gasteiger partial charge in [0.2, 0.25) is 0 Å². The number of H-pyrrole nitrogens is 1. The molecule has 0 saturated heterocycles. The van der Waals surface area contributed by atoms with E-state index in [-0.39, 0.29) is 24.8 Å². The quantitative estimate of drug-likeness (QED) is 0.450. The van der Waals surface area contributed by atoms with Crippen molar-refractivity contribution >= 4 is 0 Å². The van der Waals surface area contributed by atoms with E-state index in [1.165, 1.54) is 22.3 Å². The van der Waals surface area contributed by atoms with E-state index in [4.69, 9.17) is 0 Å². The fraction of sp³-hybridized carbons (Fsp3) is 0.111. The predicted octanol–water partition coefficient (Wildman–Crippen LogP) is -3.18. The van der Waals surface area contributed by atoms with E-state index in [1.54, 1.807) is 0 Å². The molecule has 4 heteroatoms. The van der Waals surface area contributed by atoms with Gasteiger partial charge in [-0.15, -0.1) is 0 Å². The smallest absolute Gasteiger partial charge is 0.173 e. The number of nitrogens with zero attached hydrogens (tertiary/aromatic N) is 1. The van der Waals surface area contributed by atoms with Crippen molar-refractivity contribution in [1.82, 2.24) is 0 Å². The van der Waals surface area contributed by atoms with Gasteiger partial charge < -0.3 is 24.8 Å². The molecule has 22 heavy (non-hydrogen) atoms. The normalized spacial score (nSPS) is 9.50. The topological polar surface area (TPSA) is 18.0 Å². The Bertz CT molecular complexity index is 681. The molecule has 0 spiro atoms. The molecule has 2 aromatic heterocycles. The number of nitrogens with one attached hydrogen (secondary N) is 1. The molecule has 0 amide bonds. The van der Waals surface area contributed by atoms with Gasteiger partial charge in [-0.1, -0.05) is 29.8 Å². The Morgan fingerprint density at radius 3 is 1.91 bits per heavy atom. The summed E-state index contributed by atoms with van der Waals surface area (Å²) < 4.78 is 2.20. The molecular weight excluding hydrogens is 315 g/mol. The molecule has 0 fully saturated rings. The van der Waals surface area contributed by atoms with E-state index in [2.05, 4.69) is 77.4 Å². The van der Waals surface area contributed by atoms with Crippen molar-refractivity contribution < 1.29 is 34.4 Å². The highest BCUT2D eigenvalue weighted by molar-refractivity contribution is 5.60. The number of aromatic nitrogens is 2. The van der Waals surface area contributed by atoms with Crippen molar-refractivity contribution in [3.63, 3.8) is 0 Å². The maximum Gasteiger partial charge on any atom is 0.173 e. The van der Waals surface area contributed by atoms with Gasteiger partial charge in [0.15, 0.2) is 31.3 Å². The van der Waals surface area contributed by atoms with Gasteiger partial charge in [0.1, 0.15) is 0 Å². The lowest BCUT2D eigenvalue weighted by Gasteiger charge is -2.01. The van der Waals surface area contributed by atoms with Crippen LogP contribution in [-0.4, -0.2) is 0 Å². The van der Waals surface area contributed by atoms with Crippen molar-refractivity contribution in [1.29, 1.82) is 0 Å². The highest BCUT2D eigenvalue weighted by Gasteiger charge is 2.04. The minimum absolute atomic E-state index is 0. The lowest BCUT2D eigenvalue weighted by molar-refractivity contribution is -0.688. The number of benzene rings is 1. The number of aromatic amines is 1. The lowest BCUT2D eigenvalue weighted by Crippen LogP contribution is -3.00. The van der Waals surface area contributed by atoms with Crippen molar-refractivity contribution in [3.8, 4) is 11.1 Å². The van der Waals surface area contributed by atoms with E-state index in [0.29, 0.717) is 0 Å². The second-order valence-corrected chi connectivity index (χ2v) is 5.03. The number of rotatable bonds is 3. The van der Waals surface area contributed by atoms with Crippen LogP contribution in [0.3, 0.4) is 0 Å². The van der Waals surface area contributed by atoms with E-state index < -0.39 is 0 Å². The average molecular weight is 333 g/mol. The Morgan fingerprint density at radius 2 is 1.32 bits per heavy atom. The third kappa shape index (κ3) is 4.55. The van der Waals surface area contributed by atoms with Gasteiger partial charge in [-0.25, -0.2) is 9.55 Å². The Morgan fingerprint density at radius 1 is 0.773 bits per heavy atom. The summed E-state index contributed by atoms with van der Waals surface area (Å²) in [5.41, 5.74) is 5.09. The Kier molecular flexibility index (Phi) is 7.03. The number of aryl methyl sites for hydroxylation is 1. The molecule has 0 aliphatic carbocycles. The fourth-order valence-corrected chi connectivity index (χ4v) is 2.24. The van der Waals surface area contributed by atoms with Crippen LogP contribution in [0.1, 0.15) is 11.1 Å². The number of hydrogen-bond donors (Lipinski definition) is 0. The first-order valence-corrected chi connectivity index (χ1v) is 6.82. The van der Waals surface area contributed by atoms with Crippen LogP contribution in [0, 0.1) is 6.92 Å². The van der Waals surface area contributed by atoms with Crippen LogP contribution < -0.4 is 34.4 Å². The monoisotopic (exact) mass is 332 g/mol. The van der Waals surface area contributed by atoms with Gasteiger partial charge in [-0.2, -0.15) is 0 Å². The molecule has 0 atom stereocenters. The van der Waals surface area contributed by atoms with Crippen molar-refractivity contribution in [3.05, 3.63) is 84.4 Å². The number of pyridine rings is 2. The van der Waals surface area contributed by atoms with E-state index in [9.17, 15) is 0 Å². The summed E-state index contributed by atoms with van der Waals surface area (Å²) in [6.07, 6.45) is 8.16. The predicted molar refractivity (Wildman–Crippen MR) is 78.9 cm³/mol. The number of halogens is 2. The summed E-state index contributed by atoms with van der Waals surface area (Å²) in [7, 11) is 0. The van der Waals surface area contributed by atoms with E-state index >= 15 is 0 Å². The summed E-state index contributed by atoms with van der Waals surface area (Å²) in [5, 5.41) is 0. The molecule has 1 aromatic carbocycles. The third-order valence-electron chi connectivity index (χ3n) is 3.43. The van der Waals surface area contributed by atoms with Crippen LogP contribution in [0.15, 0.2) is 73.3 Å².